The molecule has 0 saturated carbocycles. The van der Waals surface area contributed by atoms with Crippen molar-refractivity contribution in [3.05, 3.63) is 0 Å². The molecular formula is C6H16O2Si. The van der Waals surface area contributed by atoms with Crippen LogP contribution in [-0.2, 0) is 0 Å². The summed E-state index contributed by atoms with van der Waals surface area (Å²) >= 11 is 0. The predicted molar refractivity (Wildman–Crippen MR) is 40.8 cm³/mol. The van der Waals surface area contributed by atoms with E-state index in [9.17, 15) is 0 Å². The van der Waals surface area contributed by atoms with Gasteiger partial charge in [0.2, 0.25) is 0 Å². The molecule has 2 atom stereocenters. The summed E-state index contributed by atoms with van der Waals surface area (Å²) in [5, 5.41) is 18.3. The zero-order chi connectivity index (χ0) is 7.65. The molecule has 2 nitrogen and oxygen atoms in total. The van der Waals surface area contributed by atoms with Gasteiger partial charge in [0.15, 0.2) is 0 Å². The van der Waals surface area contributed by atoms with E-state index in [0.29, 0.717) is 0 Å². The molecular weight excluding hydrogens is 132 g/mol. The van der Waals surface area contributed by atoms with Crippen molar-refractivity contribution in [2.45, 2.75) is 38.4 Å². The Hall–Kier alpha value is 0.137. The number of aliphatic hydroxyl groups excluding tert-OH is 2. The second-order valence-corrected chi connectivity index (χ2v) is 8.49. The Kier molecular flexibility index (Phi) is 2.86. The summed E-state index contributed by atoms with van der Waals surface area (Å²) < 4.78 is 0. The van der Waals surface area contributed by atoms with Crippen molar-refractivity contribution >= 4 is 8.07 Å². The molecule has 0 aromatic rings. The van der Waals surface area contributed by atoms with E-state index in [4.69, 9.17) is 10.2 Å². The number of hydrogen-bond acceptors (Lipinski definition) is 2. The van der Waals surface area contributed by atoms with Crippen molar-refractivity contribution in [3.8, 4) is 0 Å². The van der Waals surface area contributed by atoms with Gasteiger partial charge in [-0.05, 0) is 13.8 Å². The zero-order valence-corrected chi connectivity index (χ0v) is 7.55. The molecule has 0 saturated heterocycles. The van der Waals surface area contributed by atoms with Crippen molar-refractivity contribution in [3.63, 3.8) is 0 Å². The van der Waals surface area contributed by atoms with Crippen LogP contribution in [0, 0.1) is 0 Å². The van der Waals surface area contributed by atoms with Crippen molar-refractivity contribution in [1.29, 1.82) is 0 Å². The van der Waals surface area contributed by atoms with Crippen LogP contribution in [0.1, 0.15) is 13.8 Å². The monoisotopic (exact) mass is 148 g/mol. The quantitative estimate of drug-likeness (QED) is 0.561. The highest BCUT2D eigenvalue weighted by molar-refractivity contribution is 6.79. The van der Waals surface area contributed by atoms with Crippen LogP contribution >= 0.6 is 0 Å². The minimum atomic E-state index is -1.75. The lowest BCUT2D eigenvalue weighted by Gasteiger charge is -2.28. The molecule has 0 aromatic carbocycles. The van der Waals surface area contributed by atoms with E-state index < -0.39 is 8.07 Å². The largest absolute Gasteiger partial charge is 0.397 e. The van der Waals surface area contributed by atoms with Crippen LogP contribution in [-0.4, -0.2) is 29.7 Å². The molecule has 0 aliphatic heterocycles. The van der Waals surface area contributed by atoms with Crippen LogP contribution in [0.25, 0.3) is 0 Å². The van der Waals surface area contributed by atoms with Crippen molar-refractivity contribution in [2.75, 3.05) is 0 Å². The van der Waals surface area contributed by atoms with Crippen LogP contribution in [0.15, 0.2) is 0 Å². The lowest BCUT2D eigenvalue weighted by Crippen LogP contribution is -2.49. The zero-order valence-electron chi connectivity index (χ0n) is 6.55. The van der Waals surface area contributed by atoms with E-state index in [1.807, 2.05) is 13.1 Å². The predicted octanol–water partition coefficient (Wildman–Crippen LogP) is 0.535. The molecule has 0 unspecified atom stereocenters. The average molecular weight is 148 g/mol. The molecule has 9 heavy (non-hydrogen) atoms. The Morgan fingerprint density at radius 2 is 1.22 bits per heavy atom. The first-order valence-electron chi connectivity index (χ1n) is 3.25. The lowest BCUT2D eigenvalue weighted by atomic mass is 10.8. The summed E-state index contributed by atoms with van der Waals surface area (Å²) in [5.74, 6) is 0. The first-order valence-corrected chi connectivity index (χ1v) is 6.40. The molecule has 0 rings (SSSR count). The normalized spacial score (nSPS) is 19.3. The SMILES string of the molecule is C[C@H](O)[Si](C)(C)[C@@H](C)O. The van der Waals surface area contributed by atoms with Gasteiger partial charge in [0.05, 0.1) is 0 Å². The molecule has 56 valence electrons. The Morgan fingerprint density at radius 1 is 1.00 bits per heavy atom. The Bertz CT molecular complexity index is 79.1. The van der Waals surface area contributed by atoms with Gasteiger partial charge in [-0.15, -0.1) is 0 Å². The summed E-state index contributed by atoms with van der Waals surface area (Å²) in [4.78, 5) is 0. The molecule has 0 spiro atoms. The highest BCUT2D eigenvalue weighted by atomic mass is 28.3. The highest BCUT2D eigenvalue weighted by Crippen LogP contribution is 2.12. The van der Waals surface area contributed by atoms with Crippen LogP contribution in [0.4, 0.5) is 0 Å². The maximum atomic E-state index is 9.15. The Morgan fingerprint density at radius 3 is 1.22 bits per heavy atom. The van der Waals surface area contributed by atoms with Crippen LogP contribution in [0.3, 0.4) is 0 Å². The number of rotatable bonds is 2. The topological polar surface area (TPSA) is 40.5 Å². The fraction of sp³-hybridized carbons (Fsp3) is 1.00. The van der Waals surface area contributed by atoms with E-state index in [1.165, 1.54) is 0 Å². The van der Waals surface area contributed by atoms with Gasteiger partial charge in [0.1, 0.15) is 8.07 Å². The molecule has 0 bridgehead atoms. The third kappa shape index (κ3) is 2.08. The molecule has 0 fully saturated rings. The summed E-state index contributed by atoms with van der Waals surface area (Å²) in [5.41, 5.74) is -0.644. The van der Waals surface area contributed by atoms with Gasteiger partial charge in [0.25, 0.3) is 0 Å². The van der Waals surface area contributed by atoms with Gasteiger partial charge in [-0.2, -0.15) is 0 Å². The maximum Gasteiger partial charge on any atom is 0.113 e. The second kappa shape index (κ2) is 2.81. The second-order valence-electron chi connectivity index (χ2n) is 3.17. The Labute approximate surface area is 57.5 Å². The van der Waals surface area contributed by atoms with Crippen molar-refractivity contribution in [1.82, 2.24) is 0 Å². The summed E-state index contributed by atoms with van der Waals surface area (Å²) in [7, 11) is -1.75. The summed E-state index contributed by atoms with van der Waals surface area (Å²) in [6, 6.07) is 0. The van der Waals surface area contributed by atoms with E-state index in [-0.39, 0.29) is 11.5 Å². The first kappa shape index (κ1) is 9.14. The summed E-state index contributed by atoms with van der Waals surface area (Å²) in [6.45, 7) is 7.45. The first-order chi connectivity index (χ1) is 3.89. The minimum Gasteiger partial charge on any atom is -0.397 e. The molecule has 0 aromatic heterocycles. The fourth-order valence-corrected chi connectivity index (χ4v) is 1.05. The smallest absolute Gasteiger partial charge is 0.113 e. The fourth-order valence-electron chi connectivity index (χ4n) is 0.349. The van der Waals surface area contributed by atoms with Gasteiger partial charge in [-0.1, -0.05) is 13.1 Å². The minimum absolute atomic E-state index is 0.322. The maximum absolute atomic E-state index is 9.15. The van der Waals surface area contributed by atoms with E-state index >= 15 is 0 Å². The van der Waals surface area contributed by atoms with Gasteiger partial charge in [-0.3, -0.25) is 0 Å². The average Bonchev–Trinajstić information content (AvgIpc) is 1.65. The van der Waals surface area contributed by atoms with Crippen LogP contribution in [0.2, 0.25) is 13.1 Å². The van der Waals surface area contributed by atoms with Gasteiger partial charge >= 0.3 is 0 Å². The van der Waals surface area contributed by atoms with E-state index in [1.54, 1.807) is 13.8 Å². The molecule has 0 aliphatic carbocycles. The van der Waals surface area contributed by atoms with Crippen molar-refractivity contribution < 1.29 is 10.2 Å². The lowest BCUT2D eigenvalue weighted by molar-refractivity contribution is 0.219. The third-order valence-corrected chi connectivity index (χ3v) is 6.46. The Balaban J connectivity index is 4.01. The van der Waals surface area contributed by atoms with E-state index in [0.717, 1.165) is 0 Å². The molecule has 0 amide bonds. The van der Waals surface area contributed by atoms with Crippen LogP contribution < -0.4 is 0 Å². The van der Waals surface area contributed by atoms with Gasteiger partial charge < -0.3 is 10.2 Å². The molecule has 0 heterocycles. The molecule has 0 aliphatic rings. The summed E-state index contributed by atoms with van der Waals surface area (Å²) in [6.07, 6.45) is 0. The standard InChI is InChI=1S/C6H16O2Si/c1-5(7)9(3,4)6(2)8/h5-8H,1-4H3/t5-,6+. The van der Waals surface area contributed by atoms with Crippen LogP contribution in [0.5, 0.6) is 0 Å². The highest BCUT2D eigenvalue weighted by Gasteiger charge is 2.32. The van der Waals surface area contributed by atoms with Gasteiger partial charge in [-0.25, -0.2) is 0 Å². The molecule has 0 radical (unpaired) electrons. The van der Waals surface area contributed by atoms with Crippen molar-refractivity contribution in [2.24, 2.45) is 0 Å². The van der Waals surface area contributed by atoms with E-state index in [2.05, 4.69) is 0 Å². The number of hydrogen-bond donors (Lipinski definition) is 2. The third-order valence-electron chi connectivity index (χ3n) is 2.15. The van der Waals surface area contributed by atoms with Gasteiger partial charge in [0, 0.05) is 11.5 Å². The molecule has 3 heteroatoms. The number of aliphatic hydroxyl groups is 2. The molecule has 2 N–H and O–H groups in total.